The first-order chi connectivity index (χ1) is 8.52. The molecular formula is C12H17N3O3. The second-order valence-corrected chi connectivity index (χ2v) is 4.56. The quantitative estimate of drug-likeness (QED) is 0.854. The van der Waals surface area contributed by atoms with Gasteiger partial charge in [0.25, 0.3) is 0 Å². The lowest BCUT2D eigenvalue weighted by molar-refractivity contribution is -0.150. The van der Waals surface area contributed by atoms with E-state index in [0.717, 1.165) is 5.69 Å². The standard InChI is InChI=1S/C12H17N3O3/c1-4-10-11(16)13-8(3)12(17)15(10)6-9-5-7(2)14-18-9/h5,8,10H,4,6H2,1-3H3,(H,13,16). The van der Waals surface area contributed by atoms with Gasteiger partial charge in [0.1, 0.15) is 12.1 Å². The van der Waals surface area contributed by atoms with Gasteiger partial charge >= 0.3 is 0 Å². The van der Waals surface area contributed by atoms with E-state index in [1.54, 1.807) is 17.9 Å². The van der Waals surface area contributed by atoms with Crippen molar-refractivity contribution in [3.63, 3.8) is 0 Å². The molecule has 0 aromatic carbocycles. The number of hydrogen-bond acceptors (Lipinski definition) is 4. The maximum atomic E-state index is 12.1. The molecule has 2 rings (SSSR count). The van der Waals surface area contributed by atoms with Gasteiger partial charge in [-0.25, -0.2) is 0 Å². The van der Waals surface area contributed by atoms with Crippen molar-refractivity contribution in [3.05, 3.63) is 17.5 Å². The summed E-state index contributed by atoms with van der Waals surface area (Å²) < 4.78 is 5.10. The summed E-state index contributed by atoms with van der Waals surface area (Å²) in [5.41, 5.74) is 0.764. The van der Waals surface area contributed by atoms with Crippen molar-refractivity contribution in [2.45, 2.75) is 45.8 Å². The van der Waals surface area contributed by atoms with Gasteiger partial charge in [0, 0.05) is 6.07 Å². The van der Waals surface area contributed by atoms with Crippen molar-refractivity contribution in [1.82, 2.24) is 15.4 Å². The number of aryl methyl sites for hydroxylation is 1. The van der Waals surface area contributed by atoms with E-state index in [1.165, 1.54) is 0 Å². The van der Waals surface area contributed by atoms with Crippen molar-refractivity contribution in [2.24, 2.45) is 0 Å². The number of carbonyl (C=O) groups is 2. The summed E-state index contributed by atoms with van der Waals surface area (Å²) in [6, 6.07) is 0.861. The minimum absolute atomic E-state index is 0.0875. The maximum Gasteiger partial charge on any atom is 0.245 e. The number of aromatic nitrogens is 1. The van der Waals surface area contributed by atoms with E-state index < -0.39 is 12.1 Å². The molecule has 1 aromatic rings. The number of hydrogen-bond donors (Lipinski definition) is 1. The van der Waals surface area contributed by atoms with Crippen LogP contribution in [-0.2, 0) is 16.1 Å². The third-order valence-corrected chi connectivity index (χ3v) is 3.08. The molecule has 0 spiro atoms. The number of amides is 2. The Morgan fingerprint density at radius 1 is 1.50 bits per heavy atom. The first kappa shape index (κ1) is 12.6. The first-order valence-corrected chi connectivity index (χ1v) is 6.06. The minimum atomic E-state index is -0.482. The molecular weight excluding hydrogens is 234 g/mol. The lowest BCUT2D eigenvalue weighted by Gasteiger charge is -2.36. The molecule has 2 amide bonds. The Kier molecular flexibility index (Phi) is 3.36. The number of rotatable bonds is 3. The molecule has 6 nitrogen and oxygen atoms in total. The lowest BCUT2D eigenvalue weighted by atomic mass is 10.1. The molecule has 18 heavy (non-hydrogen) atoms. The zero-order valence-corrected chi connectivity index (χ0v) is 10.8. The van der Waals surface area contributed by atoms with E-state index in [1.807, 2.05) is 13.8 Å². The van der Waals surface area contributed by atoms with Gasteiger partial charge in [0.2, 0.25) is 11.8 Å². The molecule has 0 bridgehead atoms. The monoisotopic (exact) mass is 251 g/mol. The molecule has 0 saturated carbocycles. The molecule has 1 aliphatic rings. The Balaban J connectivity index is 2.20. The Hall–Kier alpha value is -1.85. The highest BCUT2D eigenvalue weighted by molar-refractivity contribution is 5.96. The Morgan fingerprint density at radius 3 is 2.78 bits per heavy atom. The van der Waals surface area contributed by atoms with Gasteiger partial charge in [-0.15, -0.1) is 0 Å². The molecule has 0 radical (unpaired) electrons. The minimum Gasteiger partial charge on any atom is -0.359 e. The third-order valence-electron chi connectivity index (χ3n) is 3.08. The number of carbonyl (C=O) groups excluding carboxylic acids is 2. The largest absolute Gasteiger partial charge is 0.359 e. The summed E-state index contributed by atoms with van der Waals surface area (Å²) in [7, 11) is 0. The number of nitrogens with one attached hydrogen (secondary N) is 1. The predicted molar refractivity (Wildman–Crippen MR) is 63.5 cm³/mol. The van der Waals surface area contributed by atoms with Crippen LogP contribution < -0.4 is 5.32 Å². The highest BCUT2D eigenvalue weighted by Gasteiger charge is 2.37. The lowest BCUT2D eigenvalue weighted by Crippen LogP contribution is -2.61. The van der Waals surface area contributed by atoms with Crippen molar-refractivity contribution >= 4 is 11.8 Å². The summed E-state index contributed by atoms with van der Waals surface area (Å²) >= 11 is 0. The van der Waals surface area contributed by atoms with Crippen molar-refractivity contribution in [2.75, 3.05) is 0 Å². The molecule has 1 N–H and O–H groups in total. The van der Waals surface area contributed by atoms with Crippen molar-refractivity contribution < 1.29 is 14.1 Å². The highest BCUT2D eigenvalue weighted by atomic mass is 16.5. The van der Waals surface area contributed by atoms with Crippen LogP contribution in [0.3, 0.4) is 0 Å². The molecule has 2 heterocycles. The Morgan fingerprint density at radius 2 is 2.22 bits per heavy atom. The van der Waals surface area contributed by atoms with Crippen LogP contribution in [0.1, 0.15) is 31.7 Å². The summed E-state index contributed by atoms with van der Waals surface area (Å²) in [5.74, 6) is 0.401. The zero-order chi connectivity index (χ0) is 13.3. The molecule has 1 aliphatic heterocycles. The fraction of sp³-hybridized carbons (Fsp3) is 0.583. The van der Waals surface area contributed by atoms with Crippen LogP contribution in [-0.4, -0.2) is 34.0 Å². The summed E-state index contributed by atoms with van der Waals surface area (Å²) in [6.45, 7) is 5.67. The molecule has 98 valence electrons. The van der Waals surface area contributed by atoms with Gasteiger partial charge < -0.3 is 14.7 Å². The Bertz CT molecular complexity index is 469. The summed E-state index contributed by atoms with van der Waals surface area (Å²) in [4.78, 5) is 25.5. The Labute approximate surface area is 105 Å². The first-order valence-electron chi connectivity index (χ1n) is 6.06. The highest BCUT2D eigenvalue weighted by Crippen LogP contribution is 2.17. The van der Waals surface area contributed by atoms with Crippen LogP contribution in [0.2, 0.25) is 0 Å². The molecule has 1 aromatic heterocycles. The average molecular weight is 251 g/mol. The fourth-order valence-corrected chi connectivity index (χ4v) is 2.17. The third kappa shape index (κ3) is 2.23. The van der Waals surface area contributed by atoms with Gasteiger partial charge in [0.05, 0.1) is 12.2 Å². The smallest absolute Gasteiger partial charge is 0.245 e. The molecule has 1 saturated heterocycles. The number of piperazine rings is 1. The van der Waals surface area contributed by atoms with Gasteiger partial charge in [-0.2, -0.15) is 0 Å². The van der Waals surface area contributed by atoms with Gasteiger partial charge in [-0.3, -0.25) is 9.59 Å². The molecule has 6 heteroatoms. The van der Waals surface area contributed by atoms with Crippen molar-refractivity contribution in [3.8, 4) is 0 Å². The SMILES string of the molecule is CCC1C(=O)NC(C)C(=O)N1Cc1cc(C)no1. The fourth-order valence-electron chi connectivity index (χ4n) is 2.17. The average Bonchev–Trinajstić information content (AvgIpc) is 2.72. The van der Waals surface area contributed by atoms with E-state index in [4.69, 9.17) is 4.52 Å². The van der Waals surface area contributed by atoms with Crippen LogP contribution in [0.5, 0.6) is 0 Å². The van der Waals surface area contributed by atoms with Crippen LogP contribution in [0.25, 0.3) is 0 Å². The zero-order valence-electron chi connectivity index (χ0n) is 10.8. The van der Waals surface area contributed by atoms with Crippen LogP contribution >= 0.6 is 0 Å². The van der Waals surface area contributed by atoms with E-state index in [-0.39, 0.29) is 18.4 Å². The molecule has 2 atom stereocenters. The topological polar surface area (TPSA) is 75.4 Å². The van der Waals surface area contributed by atoms with Crippen LogP contribution in [0.4, 0.5) is 0 Å². The van der Waals surface area contributed by atoms with E-state index in [2.05, 4.69) is 10.5 Å². The molecule has 1 fully saturated rings. The molecule has 0 aliphatic carbocycles. The van der Waals surface area contributed by atoms with Gasteiger partial charge in [0.15, 0.2) is 5.76 Å². The number of nitrogens with zero attached hydrogens (tertiary/aromatic N) is 2. The summed E-state index contributed by atoms with van der Waals surface area (Å²) in [6.07, 6.45) is 0.581. The normalized spacial score (nSPS) is 24.3. The maximum absolute atomic E-state index is 12.1. The van der Waals surface area contributed by atoms with Crippen molar-refractivity contribution in [1.29, 1.82) is 0 Å². The van der Waals surface area contributed by atoms with Gasteiger partial charge in [-0.05, 0) is 20.3 Å². The van der Waals surface area contributed by atoms with Crippen LogP contribution in [0, 0.1) is 6.92 Å². The van der Waals surface area contributed by atoms with Gasteiger partial charge in [-0.1, -0.05) is 12.1 Å². The van der Waals surface area contributed by atoms with E-state index in [0.29, 0.717) is 12.2 Å². The van der Waals surface area contributed by atoms with Crippen LogP contribution in [0.15, 0.2) is 10.6 Å². The van der Waals surface area contributed by atoms with E-state index in [9.17, 15) is 9.59 Å². The molecule has 2 unspecified atom stereocenters. The second-order valence-electron chi connectivity index (χ2n) is 4.56. The second kappa shape index (κ2) is 4.80. The summed E-state index contributed by atoms with van der Waals surface area (Å²) in [5, 5.41) is 6.46. The van der Waals surface area contributed by atoms with E-state index >= 15 is 0 Å². The predicted octanol–water partition coefficient (Wildman–Crippen LogP) is 0.609.